The van der Waals surface area contributed by atoms with Crippen LogP contribution in [0.25, 0.3) is 129 Å². The summed E-state index contributed by atoms with van der Waals surface area (Å²) in [4.78, 5) is 0. The van der Waals surface area contributed by atoms with Crippen molar-refractivity contribution in [2.24, 2.45) is 0 Å². The van der Waals surface area contributed by atoms with Crippen LogP contribution in [0.5, 0.6) is 0 Å². The van der Waals surface area contributed by atoms with E-state index in [1.165, 1.54) is 107 Å². The van der Waals surface area contributed by atoms with Gasteiger partial charge in [0.2, 0.25) is 0 Å². The summed E-state index contributed by atoms with van der Waals surface area (Å²) in [7, 11) is 0. The van der Waals surface area contributed by atoms with Gasteiger partial charge in [0.05, 0.1) is 0 Å². The fourth-order valence-electron chi connectivity index (χ4n) is 9.79. The Morgan fingerprint density at radius 1 is 0.293 bits per heavy atom. The summed E-state index contributed by atoms with van der Waals surface area (Å²) in [5, 5.41) is 17.4. The highest BCUT2D eigenvalue weighted by molar-refractivity contribution is 7.26. The molecule has 0 saturated carbocycles. The van der Waals surface area contributed by atoms with Gasteiger partial charge in [-0.05, 0) is 124 Å². The van der Waals surface area contributed by atoms with Crippen LogP contribution in [0.4, 0.5) is 0 Å². The number of hydrogen-bond donors (Lipinski definition) is 0. The van der Waals surface area contributed by atoms with E-state index >= 15 is 0 Å². The molecule has 0 aliphatic heterocycles. The Morgan fingerprint density at radius 3 is 1.66 bits per heavy atom. The fourth-order valence-corrected chi connectivity index (χ4v) is 11.0. The highest BCUT2D eigenvalue weighted by Crippen LogP contribution is 2.48. The molecule has 2 aromatic heterocycles. The van der Waals surface area contributed by atoms with E-state index in [4.69, 9.17) is 4.42 Å². The molecule has 0 aliphatic carbocycles. The van der Waals surface area contributed by atoms with Crippen LogP contribution in [0.1, 0.15) is 0 Å². The predicted octanol–water partition coefficient (Wildman–Crippen LogP) is 16.7. The third-order valence-electron chi connectivity index (χ3n) is 12.4. The van der Waals surface area contributed by atoms with E-state index in [9.17, 15) is 0 Å². The normalized spacial score (nSPS) is 12.1. The average molecular weight is 753 g/mol. The topological polar surface area (TPSA) is 13.1 Å². The number of thiophene rings is 1. The Kier molecular flexibility index (Phi) is 6.66. The summed E-state index contributed by atoms with van der Waals surface area (Å²) in [6.45, 7) is 0. The zero-order chi connectivity index (χ0) is 37.9. The third-order valence-corrected chi connectivity index (χ3v) is 13.6. The van der Waals surface area contributed by atoms with Crippen molar-refractivity contribution in [1.29, 1.82) is 0 Å². The van der Waals surface area contributed by atoms with Gasteiger partial charge in [0, 0.05) is 36.3 Å². The van der Waals surface area contributed by atoms with E-state index < -0.39 is 0 Å². The first-order chi connectivity index (χ1) is 28.7. The molecule has 0 unspecified atom stereocenters. The van der Waals surface area contributed by atoms with E-state index in [1.54, 1.807) is 0 Å². The molecule has 58 heavy (non-hydrogen) atoms. The largest absolute Gasteiger partial charge is 0.456 e. The zero-order valence-electron chi connectivity index (χ0n) is 31.3. The van der Waals surface area contributed by atoms with Crippen LogP contribution < -0.4 is 0 Å². The van der Waals surface area contributed by atoms with Crippen molar-refractivity contribution in [2.75, 3.05) is 0 Å². The van der Waals surface area contributed by atoms with Gasteiger partial charge in [-0.15, -0.1) is 11.3 Å². The number of benzene rings is 11. The van der Waals surface area contributed by atoms with Gasteiger partial charge in [-0.2, -0.15) is 0 Å². The van der Waals surface area contributed by atoms with E-state index in [1.807, 2.05) is 17.4 Å². The summed E-state index contributed by atoms with van der Waals surface area (Å²) in [6, 6.07) is 71.6. The molecule has 268 valence electrons. The number of fused-ring (bicyclic) bond motifs is 12. The van der Waals surface area contributed by atoms with Crippen molar-refractivity contribution in [3.05, 3.63) is 194 Å². The van der Waals surface area contributed by atoms with Gasteiger partial charge < -0.3 is 4.42 Å². The molecular weight excluding hydrogens is 721 g/mol. The van der Waals surface area contributed by atoms with Crippen LogP contribution in [0.3, 0.4) is 0 Å². The molecule has 0 aliphatic rings. The lowest BCUT2D eigenvalue weighted by molar-refractivity contribution is 0.669. The third kappa shape index (κ3) is 4.58. The lowest BCUT2D eigenvalue weighted by atomic mass is 9.84. The van der Waals surface area contributed by atoms with E-state index in [2.05, 4.69) is 188 Å². The van der Waals surface area contributed by atoms with Gasteiger partial charge in [0.15, 0.2) is 0 Å². The first-order valence-corrected chi connectivity index (χ1v) is 20.7. The number of furan rings is 1. The molecule has 0 amide bonds. The second kappa shape index (κ2) is 12.1. The van der Waals surface area contributed by atoms with Crippen LogP contribution >= 0.6 is 11.3 Å². The van der Waals surface area contributed by atoms with E-state index in [0.717, 1.165) is 21.9 Å². The van der Waals surface area contributed by atoms with Gasteiger partial charge in [-0.25, -0.2) is 0 Å². The van der Waals surface area contributed by atoms with Crippen molar-refractivity contribution in [2.45, 2.75) is 0 Å². The smallest absolute Gasteiger partial charge is 0.136 e. The number of rotatable bonds is 3. The summed E-state index contributed by atoms with van der Waals surface area (Å²) in [5.74, 6) is 0. The minimum Gasteiger partial charge on any atom is -0.456 e. The Morgan fingerprint density at radius 2 is 0.879 bits per heavy atom. The molecule has 0 atom stereocenters. The first kappa shape index (κ1) is 31.9. The Bertz CT molecular complexity index is 3800. The van der Waals surface area contributed by atoms with Crippen molar-refractivity contribution in [3.8, 4) is 33.4 Å². The Hall–Kier alpha value is -7.26. The molecule has 13 rings (SSSR count). The minimum absolute atomic E-state index is 0.923. The number of hydrogen-bond acceptors (Lipinski definition) is 2. The van der Waals surface area contributed by atoms with Crippen LogP contribution in [0.15, 0.2) is 199 Å². The molecule has 13 aromatic rings. The van der Waals surface area contributed by atoms with Gasteiger partial charge in [0.1, 0.15) is 11.2 Å². The second-order valence-electron chi connectivity index (χ2n) is 15.5. The molecule has 1 nitrogen and oxygen atoms in total. The number of para-hydroxylation sites is 1. The van der Waals surface area contributed by atoms with Crippen LogP contribution in [0, 0.1) is 0 Å². The molecule has 0 fully saturated rings. The molecule has 2 heteroatoms. The van der Waals surface area contributed by atoms with Crippen LogP contribution in [-0.2, 0) is 0 Å². The highest BCUT2D eigenvalue weighted by atomic mass is 32.1. The van der Waals surface area contributed by atoms with E-state index in [0.29, 0.717) is 0 Å². The maximum Gasteiger partial charge on any atom is 0.136 e. The van der Waals surface area contributed by atoms with E-state index in [-0.39, 0.29) is 0 Å². The molecular formula is C56H32OS. The Balaban J connectivity index is 1.03. The van der Waals surface area contributed by atoms with Crippen molar-refractivity contribution in [3.63, 3.8) is 0 Å². The molecule has 0 spiro atoms. The standard InChI is InChI=1S/C56H32OS/c1-2-14-38-33(12-1)13-11-21-41(38)55-44-19-5-3-17-42(44)54(43-18-4-6-20-45(43)55)37-27-25-34-28-36(26-24-35(34)29-37)46-30-49-40-16-8-10-23-53(40)58-56(49)50-32-52-48(31-47(46)50)39-15-7-9-22-51(39)57-52/h1-32H. The average Bonchev–Trinajstić information content (AvgIpc) is 3.85. The fraction of sp³-hybridized carbons (Fsp3) is 0. The monoisotopic (exact) mass is 752 g/mol. The van der Waals surface area contributed by atoms with Gasteiger partial charge in [-0.1, -0.05) is 152 Å². The molecule has 0 N–H and O–H groups in total. The summed E-state index contributed by atoms with van der Waals surface area (Å²) in [5.41, 5.74) is 9.37. The quantitative estimate of drug-likeness (QED) is 0.164. The zero-order valence-corrected chi connectivity index (χ0v) is 32.1. The minimum atomic E-state index is 0.923. The molecule has 0 radical (unpaired) electrons. The summed E-state index contributed by atoms with van der Waals surface area (Å²) in [6.07, 6.45) is 0. The van der Waals surface area contributed by atoms with Gasteiger partial charge >= 0.3 is 0 Å². The van der Waals surface area contributed by atoms with Crippen molar-refractivity contribution < 1.29 is 4.42 Å². The molecule has 0 bridgehead atoms. The predicted molar refractivity (Wildman–Crippen MR) is 250 cm³/mol. The molecule has 2 heterocycles. The lowest BCUT2D eigenvalue weighted by Gasteiger charge is -2.19. The highest BCUT2D eigenvalue weighted by Gasteiger charge is 2.20. The van der Waals surface area contributed by atoms with Crippen molar-refractivity contribution in [1.82, 2.24) is 0 Å². The maximum atomic E-state index is 6.44. The molecule has 0 saturated heterocycles. The van der Waals surface area contributed by atoms with Gasteiger partial charge in [0.25, 0.3) is 0 Å². The van der Waals surface area contributed by atoms with Crippen molar-refractivity contribution >= 4 is 107 Å². The second-order valence-corrected chi connectivity index (χ2v) is 16.6. The first-order valence-electron chi connectivity index (χ1n) is 19.9. The SMILES string of the molecule is c1ccc2c(-c3c4ccccc4c(-c4ccc5cc(-c6cc7c8ccccc8sc7c7cc8oc9ccccc9c8cc67)ccc5c4)c4ccccc34)cccc2c1. The molecule has 11 aromatic carbocycles. The maximum absolute atomic E-state index is 6.44. The summed E-state index contributed by atoms with van der Waals surface area (Å²) < 4.78 is 9.05. The Labute approximate surface area is 337 Å². The van der Waals surface area contributed by atoms with Gasteiger partial charge in [-0.3, -0.25) is 0 Å². The summed E-state index contributed by atoms with van der Waals surface area (Å²) >= 11 is 1.87. The van der Waals surface area contributed by atoms with Crippen LogP contribution in [-0.4, -0.2) is 0 Å². The van der Waals surface area contributed by atoms with Crippen LogP contribution in [0.2, 0.25) is 0 Å². The lowest BCUT2D eigenvalue weighted by Crippen LogP contribution is -1.91.